The van der Waals surface area contributed by atoms with Crippen LogP contribution in [0.2, 0.25) is 0 Å². The molecule has 1 aromatic heterocycles. The molecule has 1 heterocycles. The number of hydrogen-bond acceptors (Lipinski definition) is 2. The van der Waals surface area contributed by atoms with E-state index in [1.165, 1.54) is 0 Å². The van der Waals surface area contributed by atoms with E-state index in [9.17, 15) is 4.79 Å². The summed E-state index contributed by atoms with van der Waals surface area (Å²) >= 11 is 0. The van der Waals surface area contributed by atoms with Gasteiger partial charge in [-0.25, -0.2) is 4.79 Å². The molecule has 2 rings (SSSR count). The SMILES string of the molecule is CC(C)CCNc1ccc(-n2cc[nH]c2=O)cc1. The number of nitrogens with one attached hydrogen (secondary N) is 2. The van der Waals surface area contributed by atoms with Gasteiger partial charge < -0.3 is 10.3 Å². The van der Waals surface area contributed by atoms with Crippen molar-refractivity contribution in [2.75, 3.05) is 11.9 Å². The number of benzene rings is 1. The molecule has 0 bridgehead atoms. The van der Waals surface area contributed by atoms with Crippen molar-refractivity contribution in [2.24, 2.45) is 5.92 Å². The van der Waals surface area contributed by atoms with Gasteiger partial charge in [0.25, 0.3) is 0 Å². The van der Waals surface area contributed by atoms with Gasteiger partial charge in [0.15, 0.2) is 0 Å². The molecule has 0 unspecified atom stereocenters. The second-order valence-corrected chi connectivity index (χ2v) is 4.79. The highest BCUT2D eigenvalue weighted by atomic mass is 16.1. The minimum Gasteiger partial charge on any atom is -0.385 e. The lowest BCUT2D eigenvalue weighted by Gasteiger charge is -2.09. The third kappa shape index (κ3) is 3.03. The Morgan fingerprint density at radius 2 is 2.00 bits per heavy atom. The topological polar surface area (TPSA) is 49.8 Å². The highest BCUT2D eigenvalue weighted by Crippen LogP contribution is 2.12. The van der Waals surface area contributed by atoms with Crippen LogP contribution in [0, 0.1) is 5.92 Å². The fourth-order valence-electron chi connectivity index (χ4n) is 1.77. The number of imidazole rings is 1. The minimum absolute atomic E-state index is 0.115. The molecule has 0 amide bonds. The minimum atomic E-state index is -0.115. The van der Waals surface area contributed by atoms with Crippen molar-refractivity contribution in [3.63, 3.8) is 0 Å². The first-order chi connectivity index (χ1) is 8.66. The van der Waals surface area contributed by atoms with Crippen molar-refractivity contribution < 1.29 is 0 Å². The summed E-state index contributed by atoms with van der Waals surface area (Å²) in [4.78, 5) is 14.1. The van der Waals surface area contributed by atoms with Crippen LogP contribution in [0.25, 0.3) is 5.69 Å². The lowest BCUT2D eigenvalue weighted by atomic mass is 10.1. The average Bonchev–Trinajstić information content (AvgIpc) is 2.76. The zero-order chi connectivity index (χ0) is 13.0. The molecule has 0 radical (unpaired) electrons. The number of aromatic amines is 1. The first-order valence-corrected chi connectivity index (χ1v) is 6.27. The molecule has 0 saturated heterocycles. The van der Waals surface area contributed by atoms with Gasteiger partial charge in [0, 0.05) is 24.6 Å². The number of anilines is 1. The van der Waals surface area contributed by atoms with E-state index in [0.29, 0.717) is 5.92 Å². The van der Waals surface area contributed by atoms with E-state index in [0.717, 1.165) is 24.3 Å². The van der Waals surface area contributed by atoms with Crippen molar-refractivity contribution in [1.29, 1.82) is 0 Å². The van der Waals surface area contributed by atoms with Crippen LogP contribution in [0.4, 0.5) is 5.69 Å². The fourth-order valence-corrected chi connectivity index (χ4v) is 1.77. The Bertz CT molecular complexity index is 537. The number of aromatic nitrogens is 2. The Labute approximate surface area is 107 Å². The summed E-state index contributed by atoms with van der Waals surface area (Å²) in [6, 6.07) is 7.87. The Balaban J connectivity index is 2.02. The maximum absolute atomic E-state index is 11.4. The lowest BCUT2D eigenvalue weighted by molar-refractivity contribution is 0.607. The summed E-state index contributed by atoms with van der Waals surface area (Å²) in [5, 5.41) is 3.37. The van der Waals surface area contributed by atoms with Gasteiger partial charge in [-0.15, -0.1) is 0 Å². The van der Waals surface area contributed by atoms with Gasteiger partial charge in [-0.1, -0.05) is 13.8 Å². The van der Waals surface area contributed by atoms with Gasteiger partial charge in [-0.2, -0.15) is 0 Å². The molecule has 0 saturated carbocycles. The largest absolute Gasteiger partial charge is 0.385 e. The monoisotopic (exact) mass is 245 g/mol. The highest BCUT2D eigenvalue weighted by Gasteiger charge is 2.00. The lowest BCUT2D eigenvalue weighted by Crippen LogP contribution is -2.13. The van der Waals surface area contributed by atoms with Crippen molar-refractivity contribution in [1.82, 2.24) is 9.55 Å². The second kappa shape index (κ2) is 5.58. The van der Waals surface area contributed by atoms with Crippen molar-refractivity contribution in [2.45, 2.75) is 20.3 Å². The van der Waals surface area contributed by atoms with Gasteiger partial charge in [0.05, 0.1) is 5.69 Å². The van der Waals surface area contributed by atoms with E-state index in [4.69, 9.17) is 0 Å². The molecule has 0 spiro atoms. The normalized spacial score (nSPS) is 10.8. The summed E-state index contributed by atoms with van der Waals surface area (Å²) in [7, 11) is 0. The predicted octanol–water partition coefficient (Wildman–Crippen LogP) is 2.62. The number of hydrogen-bond donors (Lipinski definition) is 2. The van der Waals surface area contributed by atoms with Crippen molar-refractivity contribution in [3.8, 4) is 5.69 Å². The molecule has 2 aromatic rings. The first-order valence-electron chi connectivity index (χ1n) is 6.27. The predicted molar refractivity (Wildman–Crippen MR) is 74.3 cm³/mol. The molecule has 4 heteroatoms. The number of H-pyrrole nitrogens is 1. The van der Waals surface area contributed by atoms with Crippen LogP contribution in [0.3, 0.4) is 0 Å². The maximum Gasteiger partial charge on any atom is 0.330 e. The van der Waals surface area contributed by atoms with E-state index >= 15 is 0 Å². The fraction of sp³-hybridized carbons (Fsp3) is 0.357. The summed E-state index contributed by atoms with van der Waals surface area (Å²) in [5.41, 5.74) is 1.84. The van der Waals surface area contributed by atoms with Crippen LogP contribution < -0.4 is 11.0 Å². The number of rotatable bonds is 5. The quantitative estimate of drug-likeness (QED) is 0.850. The van der Waals surface area contributed by atoms with Crippen LogP contribution in [-0.4, -0.2) is 16.1 Å². The standard InChI is InChI=1S/C14H19N3O/c1-11(2)7-8-15-12-3-5-13(6-4-12)17-10-9-16-14(17)18/h3-6,9-11,15H,7-8H2,1-2H3,(H,16,18). The van der Waals surface area contributed by atoms with Gasteiger partial charge in [-0.3, -0.25) is 4.57 Å². The van der Waals surface area contributed by atoms with Gasteiger partial charge in [0.2, 0.25) is 0 Å². The summed E-state index contributed by atoms with van der Waals surface area (Å²) in [6.45, 7) is 5.40. The van der Waals surface area contributed by atoms with E-state index in [1.807, 2.05) is 24.3 Å². The van der Waals surface area contributed by atoms with Gasteiger partial charge in [0.1, 0.15) is 0 Å². The van der Waals surface area contributed by atoms with E-state index in [-0.39, 0.29) is 5.69 Å². The van der Waals surface area contributed by atoms with Gasteiger partial charge in [-0.05, 0) is 36.6 Å². The first kappa shape index (κ1) is 12.5. The Morgan fingerprint density at radius 1 is 1.28 bits per heavy atom. The molecule has 0 aliphatic heterocycles. The van der Waals surface area contributed by atoms with Crippen LogP contribution in [0.5, 0.6) is 0 Å². The third-order valence-electron chi connectivity index (χ3n) is 2.85. The second-order valence-electron chi connectivity index (χ2n) is 4.79. The molecular formula is C14H19N3O. The molecule has 4 nitrogen and oxygen atoms in total. The van der Waals surface area contributed by atoms with E-state index < -0.39 is 0 Å². The Kier molecular flexibility index (Phi) is 3.87. The average molecular weight is 245 g/mol. The van der Waals surface area contributed by atoms with E-state index in [2.05, 4.69) is 24.1 Å². The zero-order valence-corrected chi connectivity index (χ0v) is 10.8. The van der Waals surface area contributed by atoms with E-state index in [1.54, 1.807) is 17.0 Å². The Hall–Kier alpha value is -1.97. The highest BCUT2D eigenvalue weighted by molar-refractivity contribution is 5.48. The maximum atomic E-state index is 11.4. The van der Waals surface area contributed by atoms with Crippen LogP contribution >= 0.6 is 0 Å². The zero-order valence-electron chi connectivity index (χ0n) is 10.8. The summed E-state index contributed by atoms with van der Waals surface area (Å²) in [5.74, 6) is 0.704. The molecule has 0 fully saturated rings. The Morgan fingerprint density at radius 3 is 2.56 bits per heavy atom. The van der Waals surface area contributed by atoms with Crippen molar-refractivity contribution in [3.05, 3.63) is 47.1 Å². The van der Waals surface area contributed by atoms with Gasteiger partial charge >= 0.3 is 5.69 Å². The number of nitrogens with zero attached hydrogens (tertiary/aromatic N) is 1. The molecule has 96 valence electrons. The molecule has 0 aliphatic rings. The molecule has 1 aromatic carbocycles. The van der Waals surface area contributed by atoms with Crippen molar-refractivity contribution >= 4 is 5.69 Å². The molecular weight excluding hydrogens is 226 g/mol. The molecule has 2 N–H and O–H groups in total. The summed E-state index contributed by atoms with van der Waals surface area (Å²) in [6.07, 6.45) is 4.51. The molecule has 0 atom stereocenters. The van der Waals surface area contributed by atoms with Crippen LogP contribution in [-0.2, 0) is 0 Å². The smallest absolute Gasteiger partial charge is 0.330 e. The molecule has 0 aliphatic carbocycles. The summed E-state index contributed by atoms with van der Waals surface area (Å²) < 4.78 is 1.58. The van der Waals surface area contributed by atoms with Crippen LogP contribution in [0.1, 0.15) is 20.3 Å². The van der Waals surface area contributed by atoms with Crippen LogP contribution in [0.15, 0.2) is 41.5 Å². The third-order valence-corrected chi connectivity index (χ3v) is 2.85. The molecule has 18 heavy (non-hydrogen) atoms.